The van der Waals surface area contributed by atoms with Gasteiger partial charge in [-0.15, -0.1) is 0 Å². The van der Waals surface area contributed by atoms with Gasteiger partial charge in [0.15, 0.2) is 0 Å². The minimum Gasteiger partial charge on any atom is -0.323 e. The molecule has 0 radical (unpaired) electrons. The average molecular weight is 421 g/mol. The number of hydrogen-bond donors (Lipinski definition) is 0. The molecule has 2 heterocycles. The lowest BCUT2D eigenvalue weighted by Gasteiger charge is -2.21. The van der Waals surface area contributed by atoms with E-state index in [2.05, 4.69) is 4.98 Å². The van der Waals surface area contributed by atoms with Gasteiger partial charge in [-0.1, -0.05) is 30.3 Å². The number of hydrogen-bond acceptors (Lipinski definition) is 2. The monoisotopic (exact) mass is 421 g/mol. The highest BCUT2D eigenvalue weighted by atomic mass is 19.1. The molecule has 1 aliphatic heterocycles. The second-order valence-corrected chi connectivity index (χ2v) is 7.81. The zero-order valence-corrected chi connectivity index (χ0v) is 17.3. The van der Waals surface area contributed by atoms with Crippen LogP contribution in [0.15, 0.2) is 72.9 Å². The number of carbonyl (C=O) groups is 1. The minimum absolute atomic E-state index is 0.0172. The Labute approximate surface area is 181 Å². The summed E-state index contributed by atoms with van der Waals surface area (Å²) in [6, 6.07) is 18.6. The molecule has 6 heteroatoms. The molecule has 3 aromatic rings. The summed E-state index contributed by atoms with van der Waals surface area (Å²) in [5, 5.41) is 0. The van der Waals surface area contributed by atoms with Crippen molar-refractivity contribution in [2.24, 2.45) is 0 Å². The summed E-state index contributed by atoms with van der Waals surface area (Å²) < 4.78 is 26.8. The molecule has 0 spiro atoms. The van der Waals surface area contributed by atoms with Gasteiger partial charge in [0.25, 0.3) is 0 Å². The first kappa shape index (κ1) is 21.0. The summed E-state index contributed by atoms with van der Waals surface area (Å²) in [7, 11) is 0. The Kier molecular flexibility index (Phi) is 6.55. The van der Waals surface area contributed by atoms with Gasteiger partial charge in [-0.25, -0.2) is 13.6 Å². The zero-order chi connectivity index (χ0) is 21.6. The van der Waals surface area contributed by atoms with Crippen LogP contribution in [0.2, 0.25) is 0 Å². The first-order valence-electron chi connectivity index (χ1n) is 10.5. The zero-order valence-electron chi connectivity index (χ0n) is 17.3. The Morgan fingerprint density at radius 3 is 2.03 bits per heavy atom. The van der Waals surface area contributed by atoms with Gasteiger partial charge in [0.2, 0.25) is 0 Å². The predicted octanol–water partition coefficient (Wildman–Crippen LogP) is 5.21. The Hall–Kier alpha value is -3.28. The highest BCUT2D eigenvalue weighted by Crippen LogP contribution is 2.30. The summed E-state index contributed by atoms with van der Waals surface area (Å²) in [5.41, 5.74) is 2.85. The number of rotatable bonds is 8. The van der Waals surface area contributed by atoms with Crippen molar-refractivity contribution < 1.29 is 13.6 Å². The molecule has 1 saturated heterocycles. The number of pyridine rings is 1. The molecule has 2 amide bonds. The minimum atomic E-state index is -0.280. The third-order valence-corrected chi connectivity index (χ3v) is 5.73. The van der Waals surface area contributed by atoms with E-state index in [1.54, 1.807) is 30.5 Å². The molecule has 0 aliphatic carbocycles. The topological polar surface area (TPSA) is 36.4 Å². The fourth-order valence-electron chi connectivity index (χ4n) is 4.08. The van der Waals surface area contributed by atoms with E-state index in [-0.39, 0.29) is 23.6 Å². The molecular weight excluding hydrogens is 396 g/mol. The quantitative estimate of drug-likeness (QED) is 0.501. The van der Waals surface area contributed by atoms with E-state index in [0.717, 1.165) is 29.7 Å². The maximum absolute atomic E-state index is 13.4. The Bertz CT molecular complexity index is 948. The van der Waals surface area contributed by atoms with Crippen LogP contribution in [0.25, 0.3) is 0 Å². The SMILES string of the molecule is O=C1N(CCCC(c2ccc(F)cc2)c2ccc(F)cc2)CCN1Cc1ccccn1. The van der Waals surface area contributed by atoms with Crippen molar-refractivity contribution in [1.82, 2.24) is 14.8 Å². The van der Waals surface area contributed by atoms with Crippen LogP contribution in [0.3, 0.4) is 0 Å². The van der Waals surface area contributed by atoms with Crippen LogP contribution < -0.4 is 0 Å². The number of carbonyl (C=O) groups excluding carboxylic acids is 1. The van der Waals surface area contributed by atoms with Crippen LogP contribution in [0.1, 0.15) is 35.6 Å². The second-order valence-electron chi connectivity index (χ2n) is 7.81. The summed E-state index contributed by atoms with van der Waals surface area (Å²) in [5.74, 6) is -0.543. The Balaban J connectivity index is 1.38. The van der Waals surface area contributed by atoms with Gasteiger partial charge in [0, 0.05) is 31.7 Å². The first-order valence-corrected chi connectivity index (χ1v) is 10.5. The lowest BCUT2D eigenvalue weighted by Crippen LogP contribution is -2.32. The van der Waals surface area contributed by atoms with Gasteiger partial charge in [0.1, 0.15) is 11.6 Å². The van der Waals surface area contributed by atoms with E-state index in [9.17, 15) is 13.6 Å². The summed E-state index contributed by atoms with van der Waals surface area (Å²) in [6.45, 7) is 2.55. The van der Waals surface area contributed by atoms with Crippen LogP contribution in [-0.4, -0.2) is 40.4 Å². The standard InChI is InChI=1S/C25H25F2N3O/c26-21-10-6-19(7-11-21)24(20-8-12-22(27)13-9-20)5-3-15-29-16-17-30(25(29)31)18-23-4-1-2-14-28-23/h1-2,4,6-14,24H,3,5,15-18H2. The number of nitrogens with zero attached hydrogens (tertiary/aromatic N) is 3. The van der Waals surface area contributed by atoms with Crippen LogP contribution >= 0.6 is 0 Å². The lowest BCUT2D eigenvalue weighted by atomic mass is 9.87. The van der Waals surface area contributed by atoms with Crippen molar-refractivity contribution in [3.8, 4) is 0 Å². The largest absolute Gasteiger partial charge is 0.323 e. The maximum atomic E-state index is 13.4. The number of amides is 2. The fourth-order valence-corrected chi connectivity index (χ4v) is 4.08. The molecule has 0 unspecified atom stereocenters. The van der Waals surface area contributed by atoms with Crippen LogP contribution in [0.4, 0.5) is 13.6 Å². The van der Waals surface area contributed by atoms with Gasteiger partial charge in [-0.05, 0) is 60.4 Å². The summed E-state index contributed by atoms with van der Waals surface area (Å²) >= 11 is 0. The molecule has 1 aliphatic rings. The molecule has 0 atom stereocenters. The number of benzene rings is 2. The first-order chi connectivity index (χ1) is 15.1. The smallest absolute Gasteiger partial charge is 0.320 e. The number of halogens is 2. The van der Waals surface area contributed by atoms with E-state index in [0.29, 0.717) is 26.2 Å². The van der Waals surface area contributed by atoms with Gasteiger partial charge in [0.05, 0.1) is 12.2 Å². The molecule has 160 valence electrons. The third-order valence-electron chi connectivity index (χ3n) is 5.73. The van der Waals surface area contributed by atoms with E-state index in [1.807, 2.05) is 28.0 Å². The average Bonchev–Trinajstić information content (AvgIpc) is 3.13. The Morgan fingerprint density at radius 1 is 0.839 bits per heavy atom. The number of urea groups is 1. The maximum Gasteiger partial charge on any atom is 0.320 e. The molecule has 0 saturated carbocycles. The summed E-state index contributed by atoms with van der Waals surface area (Å²) in [4.78, 5) is 20.7. The fraction of sp³-hybridized carbons (Fsp3) is 0.280. The molecule has 0 N–H and O–H groups in total. The number of aromatic nitrogens is 1. The highest BCUT2D eigenvalue weighted by molar-refractivity contribution is 5.76. The summed E-state index contributed by atoms with van der Waals surface area (Å²) in [6.07, 6.45) is 3.31. The molecule has 0 bridgehead atoms. The third kappa shape index (κ3) is 5.26. The Morgan fingerprint density at radius 2 is 1.45 bits per heavy atom. The van der Waals surface area contributed by atoms with Crippen LogP contribution in [0.5, 0.6) is 0 Å². The van der Waals surface area contributed by atoms with Crippen molar-refractivity contribution >= 4 is 6.03 Å². The molecular formula is C25H25F2N3O. The van der Waals surface area contributed by atoms with Gasteiger partial charge < -0.3 is 9.80 Å². The normalized spacial score (nSPS) is 14.0. The van der Waals surface area contributed by atoms with Crippen molar-refractivity contribution in [1.29, 1.82) is 0 Å². The van der Waals surface area contributed by atoms with E-state index >= 15 is 0 Å². The van der Waals surface area contributed by atoms with Crippen LogP contribution in [0, 0.1) is 11.6 Å². The van der Waals surface area contributed by atoms with E-state index in [4.69, 9.17) is 0 Å². The van der Waals surface area contributed by atoms with Crippen molar-refractivity contribution in [2.45, 2.75) is 25.3 Å². The van der Waals surface area contributed by atoms with Crippen LogP contribution in [-0.2, 0) is 6.54 Å². The molecule has 1 fully saturated rings. The van der Waals surface area contributed by atoms with Crippen molar-refractivity contribution in [2.75, 3.05) is 19.6 Å². The molecule has 4 nitrogen and oxygen atoms in total. The molecule has 1 aromatic heterocycles. The highest BCUT2D eigenvalue weighted by Gasteiger charge is 2.28. The molecule has 4 rings (SSSR count). The van der Waals surface area contributed by atoms with Gasteiger partial charge in [-0.2, -0.15) is 0 Å². The molecule has 2 aromatic carbocycles. The molecule has 31 heavy (non-hydrogen) atoms. The van der Waals surface area contributed by atoms with Gasteiger partial charge >= 0.3 is 6.03 Å². The van der Waals surface area contributed by atoms with Crippen molar-refractivity contribution in [3.63, 3.8) is 0 Å². The predicted molar refractivity (Wildman–Crippen MR) is 115 cm³/mol. The van der Waals surface area contributed by atoms with Gasteiger partial charge in [-0.3, -0.25) is 4.98 Å². The van der Waals surface area contributed by atoms with Crippen molar-refractivity contribution in [3.05, 3.63) is 101 Å². The van der Waals surface area contributed by atoms with E-state index < -0.39 is 0 Å². The second kappa shape index (κ2) is 9.69. The van der Waals surface area contributed by atoms with E-state index in [1.165, 1.54) is 24.3 Å². The lowest BCUT2D eigenvalue weighted by molar-refractivity contribution is 0.189.